The van der Waals surface area contributed by atoms with Crippen LogP contribution in [0, 0.1) is 19.3 Å². The summed E-state index contributed by atoms with van der Waals surface area (Å²) >= 11 is 5.96. The maximum Gasteiger partial charge on any atom is 0.155 e. The number of halogens is 1. The van der Waals surface area contributed by atoms with Crippen molar-refractivity contribution in [2.45, 2.75) is 60.4 Å². The maximum absolute atomic E-state index is 5.96. The van der Waals surface area contributed by atoms with Gasteiger partial charge in [-0.2, -0.15) is 0 Å². The molecule has 0 saturated heterocycles. The topological polar surface area (TPSA) is 37.8 Å². The lowest BCUT2D eigenvalue weighted by atomic mass is 9.82. The third-order valence-corrected chi connectivity index (χ3v) is 3.25. The van der Waals surface area contributed by atoms with E-state index in [2.05, 4.69) is 50.1 Å². The van der Waals surface area contributed by atoms with E-state index in [0.29, 0.717) is 5.15 Å². The first-order valence-corrected chi connectivity index (χ1v) is 6.67. The highest BCUT2D eigenvalue weighted by atomic mass is 35.5. The van der Waals surface area contributed by atoms with Gasteiger partial charge >= 0.3 is 0 Å². The summed E-state index contributed by atoms with van der Waals surface area (Å²) in [5.74, 6) is 0.825. The quantitative estimate of drug-likeness (QED) is 0.885. The molecule has 0 bridgehead atoms. The van der Waals surface area contributed by atoms with Gasteiger partial charge in [-0.25, -0.2) is 0 Å². The van der Waals surface area contributed by atoms with Gasteiger partial charge in [0.05, 0.1) is 0 Å². The van der Waals surface area contributed by atoms with Crippen molar-refractivity contribution in [2.75, 3.05) is 5.32 Å². The maximum atomic E-state index is 5.96. The fraction of sp³-hybridized carbons (Fsp3) is 0.714. The van der Waals surface area contributed by atoms with Crippen molar-refractivity contribution in [3.63, 3.8) is 0 Å². The Kier molecular flexibility index (Phi) is 4.26. The lowest BCUT2D eigenvalue weighted by Gasteiger charge is -2.34. The van der Waals surface area contributed by atoms with E-state index in [-0.39, 0.29) is 11.0 Å². The Labute approximate surface area is 115 Å². The van der Waals surface area contributed by atoms with Gasteiger partial charge < -0.3 is 5.32 Å². The molecule has 4 heteroatoms. The van der Waals surface area contributed by atoms with Crippen molar-refractivity contribution in [1.82, 2.24) is 10.2 Å². The van der Waals surface area contributed by atoms with Crippen LogP contribution in [-0.4, -0.2) is 15.7 Å². The minimum Gasteiger partial charge on any atom is -0.363 e. The minimum absolute atomic E-state index is 0.0298. The van der Waals surface area contributed by atoms with Crippen LogP contribution in [0.4, 0.5) is 5.82 Å². The van der Waals surface area contributed by atoms with E-state index < -0.39 is 0 Å². The molecule has 1 heterocycles. The molecule has 1 aromatic rings. The van der Waals surface area contributed by atoms with Gasteiger partial charge in [0.25, 0.3) is 0 Å². The van der Waals surface area contributed by atoms with Gasteiger partial charge in [-0.15, -0.1) is 10.2 Å². The van der Waals surface area contributed by atoms with Gasteiger partial charge in [-0.1, -0.05) is 32.4 Å². The van der Waals surface area contributed by atoms with Crippen LogP contribution in [-0.2, 0) is 0 Å². The zero-order valence-corrected chi connectivity index (χ0v) is 13.2. The van der Waals surface area contributed by atoms with Gasteiger partial charge in [-0.3, -0.25) is 0 Å². The molecular formula is C14H24ClN3. The predicted molar refractivity (Wildman–Crippen MR) is 78.3 cm³/mol. The lowest BCUT2D eigenvalue weighted by Crippen LogP contribution is -2.36. The highest BCUT2D eigenvalue weighted by Crippen LogP contribution is 2.30. The third-order valence-electron chi connectivity index (χ3n) is 2.89. The van der Waals surface area contributed by atoms with Crippen LogP contribution in [0.5, 0.6) is 0 Å². The summed E-state index contributed by atoms with van der Waals surface area (Å²) in [5, 5.41) is 12.1. The standard InChI is InChI=1S/C14H24ClN3/c1-9-10(2)12(18-17-11(9)15)16-14(6,7)8-13(3,4)5/h8H2,1-7H3,(H,16,18). The Morgan fingerprint density at radius 3 is 2.06 bits per heavy atom. The number of hydrogen-bond acceptors (Lipinski definition) is 3. The number of hydrogen-bond donors (Lipinski definition) is 1. The summed E-state index contributed by atoms with van der Waals surface area (Å²) in [5.41, 5.74) is 2.29. The van der Waals surface area contributed by atoms with E-state index >= 15 is 0 Å². The number of nitrogens with zero attached hydrogens (tertiary/aromatic N) is 2. The van der Waals surface area contributed by atoms with E-state index in [9.17, 15) is 0 Å². The van der Waals surface area contributed by atoms with Crippen LogP contribution in [0.15, 0.2) is 0 Å². The monoisotopic (exact) mass is 269 g/mol. The number of aromatic nitrogens is 2. The third kappa shape index (κ3) is 4.13. The Hall–Kier alpha value is -0.830. The van der Waals surface area contributed by atoms with Crippen LogP contribution < -0.4 is 5.32 Å². The molecule has 0 amide bonds. The second-order valence-electron chi connectivity index (χ2n) is 6.84. The SMILES string of the molecule is Cc1c(Cl)nnc(NC(C)(C)CC(C)(C)C)c1C. The molecule has 18 heavy (non-hydrogen) atoms. The summed E-state index contributed by atoms with van der Waals surface area (Å²) in [6, 6.07) is 0. The molecule has 0 unspecified atom stereocenters. The fourth-order valence-corrected chi connectivity index (χ4v) is 2.57. The molecule has 0 radical (unpaired) electrons. The molecule has 1 rings (SSSR count). The molecule has 3 nitrogen and oxygen atoms in total. The summed E-state index contributed by atoms with van der Waals surface area (Å²) in [7, 11) is 0. The molecule has 1 N–H and O–H groups in total. The first kappa shape index (κ1) is 15.2. The molecular weight excluding hydrogens is 246 g/mol. The summed E-state index contributed by atoms with van der Waals surface area (Å²) in [6.45, 7) is 15.1. The number of rotatable bonds is 3. The van der Waals surface area contributed by atoms with E-state index in [1.807, 2.05) is 13.8 Å². The fourth-order valence-electron chi connectivity index (χ4n) is 2.39. The van der Waals surface area contributed by atoms with Crippen LogP contribution in [0.25, 0.3) is 0 Å². The smallest absolute Gasteiger partial charge is 0.155 e. The second kappa shape index (κ2) is 5.04. The van der Waals surface area contributed by atoms with E-state index in [1.165, 1.54) is 0 Å². The van der Waals surface area contributed by atoms with Crippen molar-refractivity contribution in [2.24, 2.45) is 5.41 Å². The second-order valence-corrected chi connectivity index (χ2v) is 7.19. The lowest BCUT2D eigenvalue weighted by molar-refractivity contribution is 0.302. The first-order valence-electron chi connectivity index (χ1n) is 6.29. The van der Waals surface area contributed by atoms with Crippen molar-refractivity contribution >= 4 is 17.4 Å². The van der Waals surface area contributed by atoms with Gasteiger partial charge in [0.15, 0.2) is 11.0 Å². The van der Waals surface area contributed by atoms with E-state index in [4.69, 9.17) is 11.6 Å². The molecule has 0 aliphatic carbocycles. The Morgan fingerprint density at radius 1 is 1.00 bits per heavy atom. The molecule has 102 valence electrons. The zero-order valence-electron chi connectivity index (χ0n) is 12.5. The van der Waals surface area contributed by atoms with Gasteiger partial charge in [0.1, 0.15) is 0 Å². The van der Waals surface area contributed by atoms with Crippen molar-refractivity contribution in [3.8, 4) is 0 Å². The van der Waals surface area contributed by atoms with Gasteiger partial charge in [0, 0.05) is 5.54 Å². The number of anilines is 1. The van der Waals surface area contributed by atoms with E-state index in [1.54, 1.807) is 0 Å². The van der Waals surface area contributed by atoms with Crippen molar-refractivity contribution in [1.29, 1.82) is 0 Å². The summed E-state index contributed by atoms with van der Waals surface area (Å²) < 4.78 is 0. The van der Waals surface area contributed by atoms with E-state index in [0.717, 1.165) is 23.4 Å². The van der Waals surface area contributed by atoms with Crippen LogP contribution in [0.1, 0.15) is 52.2 Å². The molecule has 0 atom stereocenters. The molecule has 0 fully saturated rings. The average molecular weight is 270 g/mol. The Morgan fingerprint density at radius 2 is 1.56 bits per heavy atom. The average Bonchev–Trinajstić information content (AvgIpc) is 2.15. The highest BCUT2D eigenvalue weighted by Gasteiger charge is 2.26. The van der Waals surface area contributed by atoms with Crippen LogP contribution in [0.2, 0.25) is 5.15 Å². The molecule has 0 aliphatic heterocycles. The normalized spacial score (nSPS) is 12.7. The first-order chi connectivity index (χ1) is 8.02. The van der Waals surface area contributed by atoms with Gasteiger partial charge in [-0.05, 0) is 50.7 Å². The summed E-state index contributed by atoms with van der Waals surface area (Å²) in [6.07, 6.45) is 1.04. The predicted octanol–water partition coefficient (Wildman–Crippen LogP) is 4.37. The van der Waals surface area contributed by atoms with Crippen molar-refractivity contribution < 1.29 is 0 Å². The summed E-state index contributed by atoms with van der Waals surface area (Å²) in [4.78, 5) is 0. The van der Waals surface area contributed by atoms with Gasteiger partial charge in [0.2, 0.25) is 0 Å². The molecule has 0 saturated carbocycles. The largest absolute Gasteiger partial charge is 0.363 e. The van der Waals surface area contributed by atoms with Crippen LogP contribution in [0.3, 0.4) is 0 Å². The molecule has 0 aromatic carbocycles. The molecule has 0 spiro atoms. The van der Waals surface area contributed by atoms with Crippen molar-refractivity contribution in [3.05, 3.63) is 16.3 Å². The zero-order chi connectivity index (χ0) is 14.1. The van der Waals surface area contributed by atoms with Crippen LogP contribution >= 0.6 is 11.6 Å². The number of nitrogens with one attached hydrogen (secondary N) is 1. The minimum atomic E-state index is -0.0298. The molecule has 0 aliphatic rings. The Bertz CT molecular complexity index is 433. The Balaban J connectivity index is 2.94. The highest BCUT2D eigenvalue weighted by molar-refractivity contribution is 6.30. The molecule has 1 aromatic heterocycles.